The lowest BCUT2D eigenvalue weighted by atomic mass is 10.0. The summed E-state index contributed by atoms with van der Waals surface area (Å²) in [7, 11) is -3.67. The Morgan fingerprint density at radius 1 is 0.917 bits per heavy atom. The Morgan fingerprint density at radius 3 is 2.25 bits per heavy atom. The van der Waals surface area contributed by atoms with Crippen molar-refractivity contribution in [2.45, 2.75) is 11.8 Å². The number of halogens is 1. The van der Waals surface area contributed by atoms with E-state index in [2.05, 4.69) is 9.71 Å². The van der Waals surface area contributed by atoms with Gasteiger partial charge in [-0.15, -0.1) is 0 Å². The van der Waals surface area contributed by atoms with Crippen LogP contribution in [0.2, 0.25) is 5.02 Å². The van der Waals surface area contributed by atoms with Gasteiger partial charge in [-0.25, -0.2) is 8.42 Å². The number of benzene rings is 2. The Hall–Kier alpha value is -2.37. The lowest BCUT2D eigenvalue weighted by Crippen LogP contribution is -2.13. The summed E-state index contributed by atoms with van der Waals surface area (Å²) in [5.74, 6) is 0. The summed E-state index contributed by atoms with van der Waals surface area (Å²) in [5.41, 5.74) is 3.26. The van der Waals surface area contributed by atoms with Crippen LogP contribution in [0.3, 0.4) is 0 Å². The van der Waals surface area contributed by atoms with Gasteiger partial charge in [0.15, 0.2) is 0 Å². The van der Waals surface area contributed by atoms with Crippen LogP contribution in [0.15, 0.2) is 71.9 Å². The molecule has 0 saturated carbocycles. The Morgan fingerprint density at radius 2 is 1.58 bits per heavy atom. The van der Waals surface area contributed by atoms with E-state index in [4.69, 9.17) is 11.6 Å². The minimum absolute atomic E-state index is 0.167. The zero-order valence-corrected chi connectivity index (χ0v) is 14.5. The number of pyridine rings is 1. The van der Waals surface area contributed by atoms with E-state index in [1.165, 1.54) is 12.1 Å². The second-order valence-electron chi connectivity index (χ2n) is 5.33. The highest BCUT2D eigenvalue weighted by molar-refractivity contribution is 7.92. The molecular weight excluding hydrogens is 344 g/mol. The maximum Gasteiger partial charge on any atom is 0.261 e. The molecule has 122 valence electrons. The van der Waals surface area contributed by atoms with Crippen molar-refractivity contribution >= 4 is 27.3 Å². The maximum absolute atomic E-state index is 12.5. The van der Waals surface area contributed by atoms with Gasteiger partial charge in [-0.05, 0) is 66.1 Å². The van der Waals surface area contributed by atoms with Gasteiger partial charge in [0, 0.05) is 17.4 Å². The normalized spacial score (nSPS) is 11.2. The number of nitrogens with zero attached hydrogens (tertiary/aromatic N) is 1. The van der Waals surface area contributed by atoms with Crippen molar-refractivity contribution in [1.29, 1.82) is 0 Å². The van der Waals surface area contributed by atoms with E-state index < -0.39 is 10.0 Å². The summed E-state index contributed by atoms with van der Waals surface area (Å²) in [6, 6.07) is 15.5. The number of hydrogen-bond acceptors (Lipinski definition) is 3. The fourth-order valence-electron chi connectivity index (χ4n) is 2.27. The van der Waals surface area contributed by atoms with Crippen LogP contribution in [0, 0.1) is 6.92 Å². The van der Waals surface area contributed by atoms with Gasteiger partial charge in [0.05, 0.1) is 10.6 Å². The van der Waals surface area contributed by atoms with Gasteiger partial charge in [-0.1, -0.05) is 23.7 Å². The molecule has 0 amide bonds. The van der Waals surface area contributed by atoms with Gasteiger partial charge in [-0.3, -0.25) is 9.71 Å². The van der Waals surface area contributed by atoms with Crippen molar-refractivity contribution in [3.63, 3.8) is 0 Å². The van der Waals surface area contributed by atoms with E-state index in [1.807, 2.05) is 37.3 Å². The fourth-order valence-corrected chi connectivity index (χ4v) is 3.52. The molecule has 0 spiro atoms. The quantitative estimate of drug-likeness (QED) is 0.746. The van der Waals surface area contributed by atoms with Gasteiger partial charge in [-0.2, -0.15) is 0 Å². The van der Waals surface area contributed by atoms with Crippen LogP contribution in [0.1, 0.15) is 5.56 Å². The highest BCUT2D eigenvalue weighted by atomic mass is 35.5. The summed E-state index contributed by atoms with van der Waals surface area (Å²) in [4.78, 5) is 4.16. The van der Waals surface area contributed by atoms with E-state index in [-0.39, 0.29) is 4.90 Å². The minimum Gasteiger partial charge on any atom is -0.279 e. The van der Waals surface area contributed by atoms with Crippen molar-refractivity contribution < 1.29 is 8.42 Å². The summed E-state index contributed by atoms with van der Waals surface area (Å²) in [6.07, 6.45) is 3.40. The Labute approximate surface area is 146 Å². The largest absolute Gasteiger partial charge is 0.279 e. The molecule has 0 aliphatic rings. The molecule has 3 aromatic rings. The van der Waals surface area contributed by atoms with Gasteiger partial charge >= 0.3 is 0 Å². The first-order valence-corrected chi connectivity index (χ1v) is 9.11. The zero-order chi connectivity index (χ0) is 17.2. The summed E-state index contributed by atoms with van der Waals surface area (Å²) in [5, 5.41) is 0.491. The molecule has 0 bridgehead atoms. The number of nitrogens with one attached hydrogen (secondary N) is 1. The predicted octanol–water partition coefficient (Wildman–Crippen LogP) is 4.51. The van der Waals surface area contributed by atoms with Crippen molar-refractivity contribution in [3.05, 3.63) is 77.6 Å². The average Bonchev–Trinajstić information content (AvgIpc) is 2.58. The number of aryl methyl sites for hydroxylation is 1. The molecule has 1 heterocycles. The number of rotatable bonds is 4. The molecule has 1 aromatic heterocycles. The summed E-state index contributed by atoms with van der Waals surface area (Å²) in [6.45, 7) is 1.86. The molecule has 24 heavy (non-hydrogen) atoms. The third kappa shape index (κ3) is 3.58. The van der Waals surface area contributed by atoms with Crippen LogP contribution in [-0.2, 0) is 10.0 Å². The van der Waals surface area contributed by atoms with Gasteiger partial charge < -0.3 is 0 Å². The van der Waals surface area contributed by atoms with Crippen LogP contribution >= 0.6 is 11.6 Å². The molecule has 0 fully saturated rings. The molecule has 3 rings (SSSR count). The second kappa shape index (κ2) is 6.63. The first-order valence-electron chi connectivity index (χ1n) is 7.25. The van der Waals surface area contributed by atoms with Gasteiger partial charge in [0.2, 0.25) is 0 Å². The summed E-state index contributed by atoms with van der Waals surface area (Å²) >= 11 is 5.82. The Bertz CT molecular complexity index is 956. The minimum atomic E-state index is -3.67. The number of anilines is 1. The van der Waals surface area contributed by atoms with Crippen LogP contribution in [0.5, 0.6) is 0 Å². The molecule has 0 radical (unpaired) electrons. The lowest BCUT2D eigenvalue weighted by Gasteiger charge is -2.12. The van der Waals surface area contributed by atoms with Gasteiger partial charge in [0.1, 0.15) is 0 Å². The lowest BCUT2D eigenvalue weighted by molar-refractivity contribution is 0.601. The molecular formula is C18H15ClN2O2S. The third-order valence-corrected chi connectivity index (χ3v) is 5.25. The maximum atomic E-state index is 12.5. The monoisotopic (exact) mass is 358 g/mol. The van der Waals surface area contributed by atoms with Crippen molar-refractivity contribution in [3.8, 4) is 11.1 Å². The SMILES string of the molecule is Cc1ccc(-c2ccncc2)cc1NS(=O)(=O)c1ccc(Cl)cc1. The molecule has 0 unspecified atom stereocenters. The third-order valence-electron chi connectivity index (χ3n) is 3.62. The molecule has 0 aliphatic heterocycles. The smallest absolute Gasteiger partial charge is 0.261 e. The number of hydrogen-bond donors (Lipinski definition) is 1. The zero-order valence-electron chi connectivity index (χ0n) is 12.9. The van der Waals surface area contributed by atoms with E-state index in [1.54, 1.807) is 24.5 Å². The molecule has 1 N–H and O–H groups in total. The number of aromatic nitrogens is 1. The highest BCUT2D eigenvalue weighted by Crippen LogP contribution is 2.27. The molecule has 0 aliphatic carbocycles. The van der Waals surface area contributed by atoms with E-state index >= 15 is 0 Å². The predicted molar refractivity (Wildman–Crippen MR) is 96.7 cm³/mol. The molecule has 6 heteroatoms. The van der Waals surface area contributed by atoms with Crippen molar-refractivity contribution in [1.82, 2.24) is 4.98 Å². The Balaban J connectivity index is 1.96. The van der Waals surface area contributed by atoms with Crippen molar-refractivity contribution in [2.75, 3.05) is 4.72 Å². The van der Waals surface area contributed by atoms with Crippen molar-refractivity contribution in [2.24, 2.45) is 0 Å². The van der Waals surface area contributed by atoms with Crippen LogP contribution in [0.4, 0.5) is 5.69 Å². The Kier molecular flexibility index (Phi) is 4.55. The van der Waals surface area contributed by atoms with Crippen LogP contribution in [-0.4, -0.2) is 13.4 Å². The second-order valence-corrected chi connectivity index (χ2v) is 7.44. The molecule has 0 saturated heterocycles. The van der Waals surface area contributed by atoms with Crippen LogP contribution in [0.25, 0.3) is 11.1 Å². The summed E-state index contributed by atoms with van der Waals surface area (Å²) < 4.78 is 27.7. The number of sulfonamides is 1. The molecule has 2 aromatic carbocycles. The van der Waals surface area contributed by atoms with Gasteiger partial charge in [0.25, 0.3) is 10.0 Å². The highest BCUT2D eigenvalue weighted by Gasteiger charge is 2.15. The fraction of sp³-hybridized carbons (Fsp3) is 0.0556. The molecule has 4 nitrogen and oxygen atoms in total. The first kappa shape index (κ1) is 16.5. The molecule has 0 atom stereocenters. The van der Waals surface area contributed by atoms with Crippen LogP contribution < -0.4 is 4.72 Å². The van der Waals surface area contributed by atoms with E-state index in [0.717, 1.165) is 16.7 Å². The van der Waals surface area contributed by atoms with E-state index in [0.29, 0.717) is 10.7 Å². The first-order chi connectivity index (χ1) is 11.5. The topological polar surface area (TPSA) is 59.1 Å². The average molecular weight is 359 g/mol. The van der Waals surface area contributed by atoms with E-state index in [9.17, 15) is 8.42 Å². The standard InChI is InChI=1S/C18H15ClN2O2S/c1-13-2-3-15(14-8-10-20-11-9-14)12-18(13)21-24(22,23)17-6-4-16(19)5-7-17/h2-12,21H,1H3.